The molecular weight excluding hydrogens is 292 g/mol. The largest absolute Gasteiger partial charge is 0.497 e. The number of hydrogen-bond acceptors (Lipinski definition) is 5. The predicted molar refractivity (Wildman–Crippen MR) is 89.8 cm³/mol. The minimum atomic E-state index is -0.220. The van der Waals surface area contributed by atoms with Gasteiger partial charge in [-0.2, -0.15) is 0 Å². The molecule has 2 aromatic rings. The number of ether oxygens (including phenoxy) is 1. The van der Waals surface area contributed by atoms with Gasteiger partial charge in [-0.25, -0.2) is 0 Å². The van der Waals surface area contributed by atoms with Crippen LogP contribution in [0, 0.1) is 0 Å². The van der Waals surface area contributed by atoms with Crippen LogP contribution in [0.1, 0.15) is 29.9 Å². The third-order valence-corrected chi connectivity index (χ3v) is 3.19. The van der Waals surface area contributed by atoms with Crippen LogP contribution in [0.4, 0.5) is 5.82 Å². The van der Waals surface area contributed by atoms with E-state index < -0.39 is 0 Å². The summed E-state index contributed by atoms with van der Waals surface area (Å²) in [5, 5.41) is 13.9. The van der Waals surface area contributed by atoms with E-state index in [1.165, 1.54) is 0 Å². The van der Waals surface area contributed by atoms with Gasteiger partial charge in [-0.05, 0) is 50.1 Å². The average molecular weight is 314 g/mol. The number of amides is 1. The summed E-state index contributed by atoms with van der Waals surface area (Å²) in [5.74, 6) is 1.26. The summed E-state index contributed by atoms with van der Waals surface area (Å²) in [7, 11) is 1.64. The van der Waals surface area contributed by atoms with E-state index in [0.29, 0.717) is 18.1 Å². The third kappa shape index (κ3) is 5.25. The van der Waals surface area contributed by atoms with Gasteiger partial charge in [0.2, 0.25) is 0 Å². The van der Waals surface area contributed by atoms with Crippen molar-refractivity contribution in [1.29, 1.82) is 0 Å². The lowest BCUT2D eigenvalue weighted by Crippen LogP contribution is -2.27. The van der Waals surface area contributed by atoms with Crippen LogP contribution >= 0.6 is 0 Å². The fourth-order valence-corrected chi connectivity index (χ4v) is 2.03. The maximum atomic E-state index is 12.0. The first-order valence-electron chi connectivity index (χ1n) is 7.60. The molecule has 0 atom stereocenters. The summed E-state index contributed by atoms with van der Waals surface area (Å²) in [6.07, 6.45) is 0.746. The highest BCUT2D eigenvalue weighted by Crippen LogP contribution is 2.11. The van der Waals surface area contributed by atoms with Gasteiger partial charge in [-0.3, -0.25) is 4.79 Å². The van der Waals surface area contributed by atoms with Crippen molar-refractivity contribution in [2.75, 3.05) is 19.0 Å². The lowest BCUT2D eigenvalue weighted by Gasteiger charge is -2.08. The Morgan fingerprint density at radius 2 is 1.87 bits per heavy atom. The highest BCUT2D eigenvalue weighted by Gasteiger charge is 2.08. The number of rotatable bonds is 7. The quantitative estimate of drug-likeness (QED) is 0.820. The first-order chi connectivity index (χ1) is 11.1. The van der Waals surface area contributed by atoms with Crippen molar-refractivity contribution in [2.24, 2.45) is 0 Å². The summed E-state index contributed by atoms with van der Waals surface area (Å²) in [5.41, 5.74) is 1.45. The van der Waals surface area contributed by atoms with Crippen LogP contribution in [0.3, 0.4) is 0 Å². The van der Waals surface area contributed by atoms with Crippen molar-refractivity contribution >= 4 is 11.7 Å². The number of benzene rings is 1. The second-order valence-electron chi connectivity index (χ2n) is 5.46. The van der Waals surface area contributed by atoms with Crippen molar-refractivity contribution in [3.63, 3.8) is 0 Å². The van der Waals surface area contributed by atoms with Crippen LogP contribution < -0.4 is 15.4 Å². The monoisotopic (exact) mass is 314 g/mol. The molecule has 0 fully saturated rings. The molecule has 0 aliphatic rings. The predicted octanol–water partition coefficient (Wildman–Crippen LogP) is 2.28. The van der Waals surface area contributed by atoms with Crippen LogP contribution in [0.5, 0.6) is 5.75 Å². The van der Waals surface area contributed by atoms with E-state index in [9.17, 15) is 4.79 Å². The Morgan fingerprint density at radius 3 is 2.43 bits per heavy atom. The van der Waals surface area contributed by atoms with Gasteiger partial charge in [0.1, 0.15) is 11.6 Å². The summed E-state index contributed by atoms with van der Waals surface area (Å²) < 4.78 is 5.11. The molecule has 6 heteroatoms. The fraction of sp³-hybridized carbons (Fsp3) is 0.353. The third-order valence-electron chi connectivity index (χ3n) is 3.19. The molecule has 1 aromatic carbocycles. The minimum absolute atomic E-state index is 0.220. The maximum Gasteiger partial charge on any atom is 0.271 e. The van der Waals surface area contributed by atoms with Crippen molar-refractivity contribution in [3.05, 3.63) is 47.7 Å². The first-order valence-corrected chi connectivity index (χ1v) is 7.60. The average Bonchev–Trinajstić information content (AvgIpc) is 2.55. The van der Waals surface area contributed by atoms with Gasteiger partial charge >= 0.3 is 0 Å². The van der Waals surface area contributed by atoms with Gasteiger partial charge in [0.15, 0.2) is 5.69 Å². The molecule has 23 heavy (non-hydrogen) atoms. The molecule has 0 bridgehead atoms. The second-order valence-corrected chi connectivity index (χ2v) is 5.46. The summed E-state index contributed by atoms with van der Waals surface area (Å²) in [6, 6.07) is 11.5. The van der Waals surface area contributed by atoms with Gasteiger partial charge < -0.3 is 15.4 Å². The van der Waals surface area contributed by atoms with E-state index in [0.717, 1.165) is 17.7 Å². The zero-order chi connectivity index (χ0) is 16.7. The van der Waals surface area contributed by atoms with Crippen LogP contribution in [-0.2, 0) is 6.42 Å². The number of hydrogen-bond donors (Lipinski definition) is 2. The Morgan fingerprint density at radius 1 is 1.13 bits per heavy atom. The SMILES string of the molecule is COc1ccc(CCNC(=O)c2ccc(NC(C)C)nn2)cc1. The van der Waals surface area contributed by atoms with Gasteiger partial charge in [0.25, 0.3) is 5.91 Å². The highest BCUT2D eigenvalue weighted by molar-refractivity contribution is 5.92. The number of carbonyl (C=O) groups excluding carboxylic acids is 1. The van der Waals surface area contributed by atoms with E-state index in [4.69, 9.17) is 4.74 Å². The molecule has 1 amide bonds. The van der Waals surface area contributed by atoms with E-state index in [-0.39, 0.29) is 11.9 Å². The van der Waals surface area contributed by atoms with Crippen molar-refractivity contribution in [1.82, 2.24) is 15.5 Å². The molecule has 0 saturated heterocycles. The molecule has 0 unspecified atom stereocenters. The number of aromatic nitrogens is 2. The van der Waals surface area contributed by atoms with Crippen LogP contribution in [0.15, 0.2) is 36.4 Å². The van der Waals surface area contributed by atoms with Crippen molar-refractivity contribution < 1.29 is 9.53 Å². The van der Waals surface area contributed by atoms with Gasteiger partial charge in [0.05, 0.1) is 7.11 Å². The topological polar surface area (TPSA) is 76.1 Å². The highest BCUT2D eigenvalue weighted by atomic mass is 16.5. The first kappa shape index (κ1) is 16.7. The molecule has 122 valence electrons. The molecule has 0 aliphatic heterocycles. The minimum Gasteiger partial charge on any atom is -0.497 e. The van der Waals surface area contributed by atoms with Crippen LogP contribution in [0.25, 0.3) is 0 Å². The number of nitrogens with one attached hydrogen (secondary N) is 2. The van der Waals surface area contributed by atoms with Gasteiger partial charge in [0, 0.05) is 12.6 Å². The molecule has 0 saturated carbocycles. The number of nitrogens with zero attached hydrogens (tertiary/aromatic N) is 2. The number of methoxy groups -OCH3 is 1. The zero-order valence-electron chi connectivity index (χ0n) is 13.7. The Labute approximate surface area is 136 Å². The van der Waals surface area contributed by atoms with Gasteiger partial charge in [-0.15, -0.1) is 10.2 Å². The lowest BCUT2D eigenvalue weighted by atomic mass is 10.1. The maximum absolute atomic E-state index is 12.0. The van der Waals surface area contributed by atoms with Crippen LogP contribution in [0.2, 0.25) is 0 Å². The smallest absolute Gasteiger partial charge is 0.271 e. The van der Waals surface area contributed by atoms with E-state index in [1.807, 2.05) is 38.1 Å². The summed E-state index contributed by atoms with van der Waals surface area (Å²) >= 11 is 0. The van der Waals surface area contributed by atoms with E-state index in [1.54, 1.807) is 19.2 Å². The molecule has 2 N–H and O–H groups in total. The Hall–Kier alpha value is -2.63. The standard InChI is InChI=1S/C17H22N4O2/c1-12(2)19-16-9-8-15(20-21-16)17(22)18-11-10-13-4-6-14(23-3)7-5-13/h4-9,12H,10-11H2,1-3H3,(H,18,22)(H,19,21). The fourth-order valence-electron chi connectivity index (χ4n) is 2.03. The Kier molecular flexibility index (Phi) is 5.91. The molecular formula is C17H22N4O2. The molecule has 2 rings (SSSR count). The van der Waals surface area contributed by atoms with Crippen molar-refractivity contribution in [2.45, 2.75) is 26.3 Å². The van der Waals surface area contributed by atoms with Gasteiger partial charge in [-0.1, -0.05) is 12.1 Å². The molecule has 0 radical (unpaired) electrons. The summed E-state index contributed by atoms with van der Waals surface area (Å²) in [4.78, 5) is 12.0. The number of carbonyl (C=O) groups is 1. The number of anilines is 1. The Bertz CT molecular complexity index is 624. The summed E-state index contributed by atoms with van der Waals surface area (Å²) in [6.45, 7) is 4.57. The molecule has 1 heterocycles. The molecule has 6 nitrogen and oxygen atoms in total. The van der Waals surface area contributed by atoms with E-state index in [2.05, 4.69) is 20.8 Å². The molecule has 1 aromatic heterocycles. The van der Waals surface area contributed by atoms with E-state index >= 15 is 0 Å². The lowest BCUT2D eigenvalue weighted by molar-refractivity contribution is 0.0948. The molecule has 0 spiro atoms. The van der Waals surface area contributed by atoms with Crippen molar-refractivity contribution in [3.8, 4) is 5.75 Å². The Balaban J connectivity index is 1.81. The zero-order valence-corrected chi connectivity index (χ0v) is 13.7. The van der Waals surface area contributed by atoms with Crippen LogP contribution in [-0.4, -0.2) is 35.8 Å². The normalized spacial score (nSPS) is 10.4. The second kappa shape index (κ2) is 8.12. The molecule has 0 aliphatic carbocycles.